The lowest BCUT2D eigenvalue weighted by Gasteiger charge is -2.26. The number of benzene rings is 1. The van der Waals surface area contributed by atoms with E-state index in [9.17, 15) is 9.59 Å². The standard InChI is InChI=1S/C19H22O5/c1-22-15(13-7-5-4-6-8-13)11-18-9-14(18)10-19(12-18,16(20)23-2)17(21)24-3/h4-8,11,14H,9-10,12H2,1-3H3/b15-11+/t14-,18-/m1/s1. The highest BCUT2D eigenvalue weighted by Crippen LogP contribution is 2.71. The molecule has 0 saturated heterocycles. The summed E-state index contributed by atoms with van der Waals surface area (Å²) in [4.78, 5) is 24.6. The zero-order valence-electron chi connectivity index (χ0n) is 14.2. The third-order valence-electron chi connectivity index (χ3n) is 5.35. The van der Waals surface area contributed by atoms with Crippen molar-refractivity contribution in [1.29, 1.82) is 0 Å². The van der Waals surface area contributed by atoms with Crippen molar-refractivity contribution in [2.24, 2.45) is 16.7 Å². The van der Waals surface area contributed by atoms with Crippen molar-refractivity contribution < 1.29 is 23.8 Å². The van der Waals surface area contributed by atoms with Crippen LogP contribution < -0.4 is 0 Å². The molecule has 24 heavy (non-hydrogen) atoms. The average molecular weight is 330 g/mol. The predicted molar refractivity (Wildman–Crippen MR) is 87.7 cm³/mol. The van der Waals surface area contributed by atoms with Gasteiger partial charge in [0, 0.05) is 5.56 Å². The maximum absolute atomic E-state index is 12.3. The monoisotopic (exact) mass is 330 g/mol. The molecule has 1 aromatic rings. The Labute approximate surface area is 141 Å². The normalized spacial score (nSPS) is 27.1. The van der Waals surface area contributed by atoms with Crippen molar-refractivity contribution in [2.75, 3.05) is 21.3 Å². The highest BCUT2D eigenvalue weighted by Gasteiger charge is 2.70. The van der Waals surface area contributed by atoms with Crippen molar-refractivity contribution >= 4 is 17.7 Å². The van der Waals surface area contributed by atoms with Crippen LogP contribution in [-0.2, 0) is 23.8 Å². The van der Waals surface area contributed by atoms with Gasteiger partial charge in [0.05, 0.1) is 21.3 Å². The lowest BCUT2D eigenvalue weighted by molar-refractivity contribution is -0.169. The first kappa shape index (κ1) is 16.6. The fourth-order valence-corrected chi connectivity index (χ4v) is 4.08. The van der Waals surface area contributed by atoms with E-state index in [1.807, 2.05) is 30.3 Å². The quantitative estimate of drug-likeness (QED) is 0.472. The number of carbonyl (C=O) groups is 2. The zero-order chi connectivity index (χ0) is 17.4. The van der Waals surface area contributed by atoms with E-state index in [4.69, 9.17) is 14.2 Å². The molecule has 0 heterocycles. The minimum atomic E-state index is -1.20. The summed E-state index contributed by atoms with van der Waals surface area (Å²) < 4.78 is 15.4. The molecule has 5 heteroatoms. The molecule has 0 aromatic heterocycles. The van der Waals surface area contributed by atoms with Crippen LogP contribution in [0.4, 0.5) is 0 Å². The Bertz CT molecular complexity index is 662. The Morgan fingerprint density at radius 1 is 1.00 bits per heavy atom. The van der Waals surface area contributed by atoms with E-state index in [1.165, 1.54) is 14.2 Å². The van der Waals surface area contributed by atoms with Gasteiger partial charge < -0.3 is 14.2 Å². The lowest BCUT2D eigenvalue weighted by atomic mass is 9.80. The molecule has 3 rings (SSSR count). The van der Waals surface area contributed by atoms with Gasteiger partial charge in [-0.05, 0) is 36.7 Å². The third-order valence-corrected chi connectivity index (χ3v) is 5.35. The molecule has 128 valence electrons. The van der Waals surface area contributed by atoms with Crippen molar-refractivity contribution in [3.8, 4) is 0 Å². The Morgan fingerprint density at radius 3 is 2.17 bits per heavy atom. The van der Waals surface area contributed by atoms with Gasteiger partial charge in [0.25, 0.3) is 0 Å². The second-order valence-electron chi connectivity index (χ2n) is 6.66. The number of rotatable bonds is 5. The number of fused-ring (bicyclic) bond motifs is 1. The van der Waals surface area contributed by atoms with Crippen molar-refractivity contribution in [2.45, 2.75) is 19.3 Å². The molecule has 2 aliphatic carbocycles. The largest absolute Gasteiger partial charge is 0.496 e. The fraction of sp³-hybridized carbons (Fsp3) is 0.474. The van der Waals surface area contributed by atoms with E-state index in [0.717, 1.165) is 17.7 Å². The van der Waals surface area contributed by atoms with Crippen LogP contribution >= 0.6 is 0 Å². The molecule has 2 aliphatic rings. The smallest absolute Gasteiger partial charge is 0.323 e. The molecule has 0 radical (unpaired) electrons. The highest BCUT2D eigenvalue weighted by atomic mass is 16.5. The van der Waals surface area contributed by atoms with E-state index in [2.05, 4.69) is 6.08 Å². The molecule has 2 saturated carbocycles. The first-order chi connectivity index (χ1) is 11.5. The first-order valence-electron chi connectivity index (χ1n) is 8.00. The van der Waals surface area contributed by atoms with E-state index in [0.29, 0.717) is 12.8 Å². The molecule has 2 fully saturated rings. The van der Waals surface area contributed by atoms with Gasteiger partial charge in [-0.25, -0.2) is 0 Å². The van der Waals surface area contributed by atoms with E-state index in [1.54, 1.807) is 7.11 Å². The SMILES string of the molecule is COC(=O)C1(C(=O)OC)C[C@H]2C[C@@]2(/C=C(/OC)c2ccccc2)C1. The molecule has 0 spiro atoms. The second-order valence-corrected chi connectivity index (χ2v) is 6.66. The van der Waals surface area contributed by atoms with Gasteiger partial charge in [-0.2, -0.15) is 0 Å². The lowest BCUT2D eigenvalue weighted by Crippen LogP contribution is -2.40. The van der Waals surface area contributed by atoms with Crippen LogP contribution in [0.5, 0.6) is 0 Å². The highest BCUT2D eigenvalue weighted by molar-refractivity contribution is 6.01. The zero-order valence-corrected chi connectivity index (χ0v) is 14.2. The number of hydrogen-bond donors (Lipinski definition) is 0. The Kier molecular flexibility index (Phi) is 4.11. The van der Waals surface area contributed by atoms with Crippen LogP contribution in [0.15, 0.2) is 36.4 Å². The Hall–Kier alpha value is -2.30. The maximum Gasteiger partial charge on any atom is 0.323 e. The number of allylic oxidation sites excluding steroid dienone is 1. The molecule has 0 unspecified atom stereocenters. The number of hydrogen-bond acceptors (Lipinski definition) is 5. The topological polar surface area (TPSA) is 61.8 Å². The van der Waals surface area contributed by atoms with Crippen molar-refractivity contribution in [3.05, 3.63) is 42.0 Å². The van der Waals surface area contributed by atoms with Crippen LogP contribution in [0.2, 0.25) is 0 Å². The summed E-state index contributed by atoms with van der Waals surface area (Å²) in [6.45, 7) is 0. The number of methoxy groups -OCH3 is 3. The first-order valence-corrected chi connectivity index (χ1v) is 8.00. The number of carbonyl (C=O) groups excluding carboxylic acids is 2. The van der Waals surface area contributed by atoms with Gasteiger partial charge in [-0.3, -0.25) is 9.59 Å². The molecule has 1 aromatic carbocycles. The van der Waals surface area contributed by atoms with Crippen molar-refractivity contribution in [3.63, 3.8) is 0 Å². The summed E-state index contributed by atoms with van der Waals surface area (Å²) in [7, 11) is 4.25. The summed E-state index contributed by atoms with van der Waals surface area (Å²) >= 11 is 0. The molecule has 0 aliphatic heterocycles. The van der Waals surface area contributed by atoms with Crippen molar-refractivity contribution in [1.82, 2.24) is 0 Å². The second kappa shape index (κ2) is 5.96. The summed E-state index contributed by atoms with van der Waals surface area (Å²) in [5.74, 6) is 0.0224. The van der Waals surface area contributed by atoms with Gasteiger partial charge in [0.2, 0.25) is 0 Å². The minimum Gasteiger partial charge on any atom is -0.496 e. The van der Waals surface area contributed by atoms with E-state index < -0.39 is 17.4 Å². The maximum atomic E-state index is 12.3. The van der Waals surface area contributed by atoms with E-state index in [-0.39, 0.29) is 11.3 Å². The molecule has 5 nitrogen and oxygen atoms in total. The van der Waals surface area contributed by atoms with E-state index >= 15 is 0 Å². The summed E-state index contributed by atoms with van der Waals surface area (Å²) in [5.41, 5.74) is -0.421. The number of esters is 2. The number of ether oxygens (including phenoxy) is 3. The van der Waals surface area contributed by atoms with Crippen LogP contribution in [0.3, 0.4) is 0 Å². The molecular formula is C19H22O5. The van der Waals surface area contributed by atoms with Gasteiger partial charge in [-0.1, -0.05) is 30.3 Å². The molecule has 2 atom stereocenters. The fourth-order valence-electron chi connectivity index (χ4n) is 4.08. The van der Waals surface area contributed by atoms with Gasteiger partial charge in [0.1, 0.15) is 5.76 Å². The van der Waals surface area contributed by atoms with Crippen LogP contribution in [0.25, 0.3) is 5.76 Å². The van der Waals surface area contributed by atoms with Crippen LogP contribution in [0.1, 0.15) is 24.8 Å². The van der Waals surface area contributed by atoms with Crippen LogP contribution in [-0.4, -0.2) is 33.3 Å². The minimum absolute atomic E-state index is 0.205. The Morgan fingerprint density at radius 2 is 1.62 bits per heavy atom. The summed E-state index contributed by atoms with van der Waals surface area (Å²) in [5, 5.41) is 0. The Balaban J connectivity index is 1.92. The molecule has 0 bridgehead atoms. The predicted octanol–water partition coefficient (Wildman–Crippen LogP) is 2.81. The van der Waals surface area contributed by atoms with Gasteiger partial charge in [0.15, 0.2) is 5.41 Å². The third kappa shape index (κ3) is 2.48. The summed E-state index contributed by atoms with van der Waals surface area (Å²) in [6, 6.07) is 9.81. The average Bonchev–Trinajstić information content (AvgIpc) is 3.19. The van der Waals surface area contributed by atoms with Crippen LogP contribution in [0, 0.1) is 16.7 Å². The van der Waals surface area contributed by atoms with Gasteiger partial charge in [-0.15, -0.1) is 0 Å². The molecule has 0 amide bonds. The molecule has 0 N–H and O–H groups in total. The van der Waals surface area contributed by atoms with Gasteiger partial charge >= 0.3 is 11.9 Å². The molecular weight excluding hydrogens is 308 g/mol. The summed E-state index contributed by atoms with van der Waals surface area (Å²) in [6.07, 6.45) is 3.89.